The molecule has 148 valence electrons. The van der Waals surface area contributed by atoms with Gasteiger partial charge in [-0.2, -0.15) is 4.31 Å². The number of nitrogens with one attached hydrogen (secondary N) is 1. The van der Waals surface area contributed by atoms with Crippen molar-refractivity contribution in [1.82, 2.24) is 9.62 Å². The Hall–Kier alpha value is -1.61. The Balaban J connectivity index is 1.83. The molecule has 1 aromatic heterocycles. The van der Waals surface area contributed by atoms with Crippen molar-refractivity contribution in [3.63, 3.8) is 0 Å². The number of likely N-dealkylation sites (N-methyl/N-ethyl adjacent to an activating group) is 1. The topological polar surface area (TPSA) is 75.7 Å². The second-order valence-corrected chi connectivity index (χ2v) is 10.2. The summed E-state index contributed by atoms with van der Waals surface area (Å²) in [4.78, 5) is 12.2. The van der Waals surface area contributed by atoms with Crippen LogP contribution >= 0.6 is 22.9 Å². The first kappa shape index (κ1) is 21.7. The van der Waals surface area contributed by atoms with Crippen LogP contribution < -0.4 is 10.1 Å². The van der Waals surface area contributed by atoms with E-state index in [2.05, 4.69) is 5.32 Å². The molecule has 1 N–H and O–H groups in total. The van der Waals surface area contributed by atoms with Crippen molar-refractivity contribution in [3.8, 4) is 5.75 Å². The van der Waals surface area contributed by atoms with Gasteiger partial charge in [0.15, 0.2) is 0 Å². The van der Waals surface area contributed by atoms with Gasteiger partial charge >= 0.3 is 0 Å². The fraction of sp³-hybridized carbons (Fsp3) is 0.389. The van der Waals surface area contributed by atoms with Gasteiger partial charge < -0.3 is 10.1 Å². The number of methoxy groups -OCH3 is 1. The number of sulfonamides is 1. The molecule has 1 heterocycles. The zero-order chi connectivity index (χ0) is 20.0. The summed E-state index contributed by atoms with van der Waals surface area (Å²) in [7, 11) is -0.715. The van der Waals surface area contributed by atoms with Crippen molar-refractivity contribution in [1.29, 1.82) is 0 Å². The fourth-order valence-corrected chi connectivity index (χ4v) is 5.27. The molecule has 1 unspecified atom stereocenters. The van der Waals surface area contributed by atoms with Crippen molar-refractivity contribution in [2.75, 3.05) is 20.7 Å². The van der Waals surface area contributed by atoms with Crippen molar-refractivity contribution < 1.29 is 17.9 Å². The van der Waals surface area contributed by atoms with Crippen LogP contribution in [0.3, 0.4) is 0 Å². The van der Waals surface area contributed by atoms with Crippen LogP contribution in [-0.2, 0) is 21.2 Å². The Bertz CT molecular complexity index is 866. The van der Waals surface area contributed by atoms with E-state index in [1.807, 2.05) is 31.2 Å². The molecule has 9 heteroatoms. The molecule has 2 rings (SSSR count). The highest BCUT2D eigenvalue weighted by Crippen LogP contribution is 2.27. The molecule has 1 atom stereocenters. The van der Waals surface area contributed by atoms with Crippen molar-refractivity contribution >= 4 is 38.9 Å². The van der Waals surface area contributed by atoms with E-state index in [-0.39, 0.29) is 22.7 Å². The van der Waals surface area contributed by atoms with E-state index in [1.54, 1.807) is 7.11 Å². The van der Waals surface area contributed by atoms with Crippen LogP contribution in [0.25, 0.3) is 0 Å². The average Bonchev–Trinajstić information content (AvgIpc) is 3.07. The van der Waals surface area contributed by atoms with Gasteiger partial charge in [-0.25, -0.2) is 8.42 Å². The van der Waals surface area contributed by atoms with Crippen LogP contribution in [0.2, 0.25) is 4.34 Å². The molecule has 0 saturated carbocycles. The summed E-state index contributed by atoms with van der Waals surface area (Å²) in [6.07, 6.45) is 1.54. The Labute approximate surface area is 169 Å². The van der Waals surface area contributed by atoms with Gasteiger partial charge in [0, 0.05) is 13.1 Å². The zero-order valence-electron chi connectivity index (χ0n) is 15.4. The van der Waals surface area contributed by atoms with E-state index < -0.39 is 10.0 Å². The minimum absolute atomic E-state index is 0.0770. The second-order valence-electron chi connectivity index (χ2n) is 6.17. The molecule has 0 fully saturated rings. The highest BCUT2D eigenvalue weighted by Gasteiger charge is 2.25. The number of ether oxygens (including phenoxy) is 1. The number of thiophene rings is 1. The van der Waals surface area contributed by atoms with Crippen LogP contribution in [0, 0.1) is 0 Å². The minimum atomic E-state index is -3.72. The first-order valence-corrected chi connectivity index (χ1v) is 11.0. The number of amides is 1. The third-order valence-corrected chi connectivity index (χ3v) is 7.51. The maximum atomic E-state index is 12.4. The lowest BCUT2D eigenvalue weighted by atomic mass is 10.1. The van der Waals surface area contributed by atoms with Crippen LogP contribution in [-0.4, -0.2) is 45.4 Å². The molecule has 6 nitrogen and oxygen atoms in total. The summed E-state index contributed by atoms with van der Waals surface area (Å²) >= 11 is 6.76. The quantitative estimate of drug-likeness (QED) is 0.663. The second kappa shape index (κ2) is 9.54. The molecular weight excluding hydrogens is 408 g/mol. The Morgan fingerprint density at radius 3 is 2.48 bits per heavy atom. The number of carbonyl (C=O) groups excluding carboxylic acids is 1. The van der Waals surface area contributed by atoms with Gasteiger partial charge in [0.05, 0.1) is 18.0 Å². The summed E-state index contributed by atoms with van der Waals surface area (Å²) in [6.45, 7) is 1.65. The third kappa shape index (κ3) is 6.21. The standard InChI is InChI=1S/C18H23ClN2O4S2/c1-13(4-5-14-6-8-15(25-3)9-7-14)20-17(22)12-21(2)27(23,24)18-11-10-16(19)26-18/h6-11,13H,4-5,12H2,1-3H3,(H,20,22). The van der Waals surface area contributed by atoms with E-state index in [4.69, 9.17) is 16.3 Å². The van der Waals surface area contributed by atoms with Gasteiger partial charge in [-0.3, -0.25) is 4.79 Å². The monoisotopic (exact) mass is 430 g/mol. The molecule has 0 aliphatic carbocycles. The first-order valence-electron chi connectivity index (χ1n) is 8.36. The zero-order valence-corrected chi connectivity index (χ0v) is 17.8. The maximum absolute atomic E-state index is 12.4. The van der Waals surface area contributed by atoms with Crippen LogP contribution in [0.1, 0.15) is 18.9 Å². The number of hydrogen-bond acceptors (Lipinski definition) is 5. The van der Waals surface area contributed by atoms with E-state index in [9.17, 15) is 13.2 Å². The molecule has 1 aromatic carbocycles. The molecule has 0 aliphatic rings. The number of aryl methyl sites for hydroxylation is 1. The van der Waals surface area contributed by atoms with Gasteiger partial charge in [0.25, 0.3) is 10.0 Å². The summed E-state index contributed by atoms with van der Waals surface area (Å²) in [5.41, 5.74) is 1.14. The van der Waals surface area contributed by atoms with Gasteiger partial charge in [-0.15, -0.1) is 11.3 Å². The number of hydrogen-bond donors (Lipinski definition) is 1. The third-order valence-electron chi connectivity index (χ3n) is 4.01. The van der Waals surface area contributed by atoms with Gasteiger partial charge in [-0.1, -0.05) is 23.7 Å². The predicted molar refractivity (Wildman–Crippen MR) is 108 cm³/mol. The molecule has 27 heavy (non-hydrogen) atoms. The number of carbonyl (C=O) groups is 1. The van der Waals surface area contributed by atoms with Crippen LogP contribution in [0.5, 0.6) is 5.75 Å². The molecule has 2 aromatic rings. The number of halogens is 1. The van der Waals surface area contributed by atoms with Gasteiger partial charge in [0.1, 0.15) is 9.96 Å². The maximum Gasteiger partial charge on any atom is 0.252 e. The minimum Gasteiger partial charge on any atom is -0.497 e. The molecule has 0 saturated heterocycles. The van der Waals surface area contributed by atoms with Crippen LogP contribution in [0.15, 0.2) is 40.6 Å². The SMILES string of the molecule is COc1ccc(CCC(C)NC(=O)CN(C)S(=O)(=O)c2ccc(Cl)s2)cc1. The number of nitrogens with zero attached hydrogens (tertiary/aromatic N) is 1. The molecule has 0 spiro atoms. The molecule has 0 bridgehead atoms. The Morgan fingerprint density at radius 2 is 1.93 bits per heavy atom. The lowest BCUT2D eigenvalue weighted by molar-refractivity contribution is -0.121. The highest BCUT2D eigenvalue weighted by molar-refractivity contribution is 7.91. The van der Waals surface area contributed by atoms with E-state index in [0.29, 0.717) is 4.34 Å². The molecule has 1 amide bonds. The Morgan fingerprint density at radius 1 is 1.26 bits per heavy atom. The fourth-order valence-electron chi connectivity index (χ4n) is 2.45. The summed E-state index contributed by atoms with van der Waals surface area (Å²) < 4.78 is 31.5. The lowest BCUT2D eigenvalue weighted by Crippen LogP contribution is -2.41. The smallest absolute Gasteiger partial charge is 0.252 e. The predicted octanol–water partition coefficient (Wildman–Crippen LogP) is 3.17. The number of benzene rings is 1. The van der Waals surface area contributed by atoms with Crippen molar-refractivity contribution in [3.05, 3.63) is 46.3 Å². The van der Waals surface area contributed by atoms with Crippen molar-refractivity contribution in [2.45, 2.75) is 30.0 Å². The molecule has 0 aliphatic heterocycles. The van der Waals surface area contributed by atoms with Gasteiger partial charge in [-0.05, 0) is 49.6 Å². The largest absolute Gasteiger partial charge is 0.497 e. The molecule has 0 radical (unpaired) electrons. The summed E-state index contributed by atoms with van der Waals surface area (Å²) in [5, 5.41) is 2.84. The summed E-state index contributed by atoms with van der Waals surface area (Å²) in [5.74, 6) is 0.460. The highest BCUT2D eigenvalue weighted by atomic mass is 35.5. The normalized spacial score (nSPS) is 12.8. The number of rotatable bonds is 9. The van der Waals surface area contributed by atoms with Gasteiger partial charge in [0.2, 0.25) is 5.91 Å². The summed E-state index contributed by atoms with van der Waals surface area (Å²) in [6, 6.07) is 10.7. The van der Waals surface area contributed by atoms with Crippen LogP contribution in [0.4, 0.5) is 0 Å². The first-order chi connectivity index (χ1) is 12.7. The molecular formula is C18H23ClN2O4S2. The lowest BCUT2D eigenvalue weighted by Gasteiger charge is -2.18. The average molecular weight is 431 g/mol. The van der Waals surface area contributed by atoms with Crippen molar-refractivity contribution in [2.24, 2.45) is 0 Å². The van der Waals surface area contributed by atoms with E-state index in [0.717, 1.165) is 39.8 Å². The Kier molecular flexibility index (Phi) is 7.67. The van der Waals surface area contributed by atoms with E-state index in [1.165, 1.54) is 19.2 Å². The van der Waals surface area contributed by atoms with E-state index >= 15 is 0 Å².